The van der Waals surface area contributed by atoms with Crippen LogP contribution in [-0.4, -0.2) is 39.4 Å². The molecule has 134 valence electrons. The quantitative estimate of drug-likeness (QED) is 0.801. The topological polar surface area (TPSA) is 71.9 Å². The standard InChI is InChI=1S/C17H22N4O2S2/c1-10(21-15(19-20-17(21)24)14-6-3-9-25-14)16(22)18-12-4-2-5-13-11(12)7-8-23-13/h3,6,9-13H,2,4-5,7-8H2,1H3,(H,18,22)(H,20,24). The van der Waals surface area contributed by atoms with E-state index in [1.807, 2.05) is 29.0 Å². The number of thiophene rings is 1. The Morgan fingerprint density at radius 2 is 2.40 bits per heavy atom. The first-order valence-corrected chi connectivity index (χ1v) is 10.1. The summed E-state index contributed by atoms with van der Waals surface area (Å²) in [7, 11) is 0. The number of carbonyl (C=O) groups excluding carboxylic acids is 1. The van der Waals surface area contributed by atoms with Crippen LogP contribution in [0.4, 0.5) is 0 Å². The summed E-state index contributed by atoms with van der Waals surface area (Å²) in [5.74, 6) is 1.15. The molecule has 0 radical (unpaired) electrons. The van der Waals surface area contributed by atoms with Crippen LogP contribution in [-0.2, 0) is 9.53 Å². The molecule has 0 aromatic carbocycles. The maximum Gasteiger partial charge on any atom is 0.243 e. The fraction of sp³-hybridized carbons (Fsp3) is 0.588. The molecule has 1 saturated heterocycles. The third kappa shape index (κ3) is 3.18. The summed E-state index contributed by atoms with van der Waals surface area (Å²) in [4.78, 5) is 13.9. The molecule has 2 aromatic heterocycles. The smallest absolute Gasteiger partial charge is 0.243 e. The Labute approximate surface area is 155 Å². The normalized spacial score (nSPS) is 27.0. The predicted molar refractivity (Wildman–Crippen MR) is 99.1 cm³/mol. The van der Waals surface area contributed by atoms with E-state index in [2.05, 4.69) is 15.5 Å². The SMILES string of the molecule is CC(C(=O)NC1CCCC2OCCC12)n1c(-c2cccs2)n[nH]c1=S. The summed E-state index contributed by atoms with van der Waals surface area (Å²) >= 11 is 6.95. The van der Waals surface area contributed by atoms with Crippen LogP contribution in [0.5, 0.6) is 0 Å². The second-order valence-corrected chi connectivity index (χ2v) is 8.12. The summed E-state index contributed by atoms with van der Waals surface area (Å²) in [6.07, 6.45) is 4.59. The van der Waals surface area contributed by atoms with Crippen molar-refractivity contribution in [3.63, 3.8) is 0 Å². The molecule has 1 aliphatic carbocycles. The first-order chi connectivity index (χ1) is 12.1. The van der Waals surface area contributed by atoms with E-state index >= 15 is 0 Å². The van der Waals surface area contributed by atoms with Gasteiger partial charge in [0.05, 0.1) is 11.0 Å². The van der Waals surface area contributed by atoms with Crippen molar-refractivity contribution in [2.24, 2.45) is 5.92 Å². The van der Waals surface area contributed by atoms with Gasteiger partial charge in [-0.15, -0.1) is 11.3 Å². The molecule has 8 heteroatoms. The fourth-order valence-electron chi connectivity index (χ4n) is 4.02. The third-order valence-electron chi connectivity index (χ3n) is 5.32. The van der Waals surface area contributed by atoms with Gasteiger partial charge in [-0.3, -0.25) is 14.5 Å². The molecule has 1 saturated carbocycles. The van der Waals surface area contributed by atoms with Gasteiger partial charge in [-0.1, -0.05) is 6.07 Å². The number of hydrogen-bond donors (Lipinski definition) is 2. The zero-order valence-electron chi connectivity index (χ0n) is 14.1. The zero-order chi connectivity index (χ0) is 17.4. The molecule has 2 aliphatic rings. The number of ether oxygens (including phenoxy) is 1. The van der Waals surface area contributed by atoms with E-state index in [0.29, 0.717) is 22.6 Å². The molecule has 4 unspecified atom stereocenters. The van der Waals surface area contributed by atoms with Gasteiger partial charge in [0.25, 0.3) is 0 Å². The fourth-order valence-corrected chi connectivity index (χ4v) is 5.02. The number of nitrogens with one attached hydrogen (secondary N) is 2. The highest BCUT2D eigenvalue weighted by Gasteiger charge is 2.39. The number of amides is 1. The summed E-state index contributed by atoms with van der Waals surface area (Å²) in [6, 6.07) is 3.74. The van der Waals surface area contributed by atoms with Crippen molar-refractivity contribution in [3.05, 3.63) is 22.3 Å². The molecule has 1 amide bonds. The molecule has 4 rings (SSSR count). The van der Waals surface area contributed by atoms with Crippen LogP contribution in [0.25, 0.3) is 10.7 Å². The van der Waals surface area contributed by atoms with Crippen molar-refractivity contribution in [3.8, 4) is 10.7 Å². The molecule has 1 aliphatic heterocycles. The highest BCUT2D eigenvalue weighted by atomic mass is 32.1. The number of H-pyrrole nitrogens is 1. The maximum absolute atomic E-state index is 12.9. The van der Waals surface area contributed by atoms with Crippen LogP contribution >= 0.6 is 23.6 Å². The molecule has 2 N–H and O–H groups in total. The average molecular weight is 379 g/mol. The first-order valence-electron chi connectivity index (χ1n) is 8.78. The number of rotatable bonds is 4. The van der Waals surface area contributed by atoms with Gasteiger partial charge in [-0.2, -0.15) is 5.10 Å². The Balaban J connectivity index is 1.53. The molecule has 2 aromatic rings. The van der Waals surface area contributed by atoms with E-state index in [9.17, 15) is 4.79 Å². The van der Waals surface area contributed by atoms with Gasteiger partial charge in [-0.25, -0.2) is 0 Å². The Bertz CT molecular complexity index is 798. The van der Waals surface area contributed by atoms with E-state index in [1.54, 1.807) is 11.3 Å². The second kappa shape index (κ2) is 7.01. The highest BCUT2D eigenvalue weighted by molar-refractivity contribution is 7.71. The van der Waals surface area contributed by atoms with Crippen molar-refractivity contribution in [2.45, 2.75) is 50.8 Å². The van der Waals surface area contributed by atoms with E-state index in [1.165, 1.54) is 0 Å². The van der Waals surface area contributed by atoms with Crippen LogP contribution in [0.1, 0.15) is 38.6 Å². The monoisotopic (exact) mass is 378 g/mol. The summed E-state index contributed by atoms with van der Waals surface area (Å²) in [6.45, 7) is 2.69. The van der Waals surface area contributed by atoms with Crippen molar-refractivity contribution in [1.29, 1.82) is 0 Å². The van der Waals surface area contributed by atoms with Gasteiger partial charge in [-0.05, 0) is 56.3 Å². The van der Waals surface area contributed by atoms with Crippen LogP contribution in [0.15, 0.2) is 17.5 Å². The van der Waals surface area contributed by atoms with Gasteiger partial charge >= 0.3 is 0 Å². The molecular formula is C17H22N4O2S2. The summed E-state index contributed by atoms with van der Waals surface area (Å²) < 4.78 is 8.08. The summed E-state index contributed by atoms with van der Waals surface area (Å²) in [5.41, 5.74) is 0. The minimum absolute atomic E-state index is 0.00661. The van der Waals surface area contributed by atoms with E-state index in [0.717, 1.165) is 37.2 Å². The first kappa shape index (κ1) is 16.9. The van der Waals surface area contributed by atoms with Crippen LogP contribution in [0, 0.1) is 10.7 Å². The molecule has 6 nitrogen and oxygen atoms in total. The molecular weight excluding hydrogens is 356 g/mol. The zero-order valence-corrected chi connectivity index (χ0v) is 15.7. The molecule has 25 heavy (non-hydrogen) atoms. The van der Waals surface area contributed by atoms with Gasteiger partial charge in [0.2, 0.25) is 5.91 Å². The number of carbonyl (C=O) groups is 1. The molecule has 3 heterocycles. The largest absolute Gasteiger partial charge is 0.378 e. The number of nitrogens with zero attached hydrogens (tertiary/aromatic N) is 2. The second-order valence-electron chi connectivity index (χ2n) is 6.78. The van der Waals surface area contributed by atoms with Crippen molar-refractivity contribution in [1.82, 2.24) is 20.1 Å². The van der Waals surface area contributed by atoms with Crippen LogP contribution in [0.3, 0.4) is 0 Å². The minimum atomic E-state index is -0.411. The Kier molecular flexibility index (Phi) is 4.75. The summed E-state index contributed by atoms with van der Waals surface area (Å²) in [5, 5.41) is 12.4. The number of aromatic nitrogens is 3. The number of aromatic amines is 1. The van der Waals surface area contributed by atoms with E-state index in [4.69, 9.17) is 17.0 Å². The lowest BCUT2D eigenvalue weighted by molar-refractivity contribution is -0.125. The molecule has 2 fully saturated rings. The van der Waals surface area contributed by atoms with Crippen molar-refractivity contribution in [2.75, 3.05) is 6.61 Å². The lowest BCUT2D eigenvalue weighted by atomic mass is 9.81. The number of hydrogen-bond acceptors (Lipinski definition) is 5. The van der Waals surface area contributed by atoms with Gasteiger partial charge < -0.3 is 10.1 Å². The van der Waals surface area contributed by atoms with Crippen LogP contribution in [0.2, 0.25) is 0 Å². The van der Waals surface area contributed by atoms with Crippen molar-refractivity contribution >= 4 is 29.5 Å². The van der Waals surface area contributed by atoms with E-state index in [-0.39, 0.29) is 11.9 Å². The molecule has 4 atom stereocenters. The van der Waals surface area contributed by atoms with Gasteiger partial charge in [0.1, 0.15) is 6.04 Å². The lowest BCUT2D eigenvalue weighted by Gasteiger charge is -2.34. The lowest BCUT2D eigenvalue weighted by Crippen LogP contribution is -2.47. The van der Waals surface area contributed by atoms with Gasteiger partial charge in [0.15, 0.2) is 10.6 Å². The van der Waals surface area contributed by atoms with Gasteiger partial charge in [0, 0.05) is 18.6 Å². The van der Waals surface area contributed by atoms with Crippen molar-refractivity contribution < 1.29 is 9.53 Å². The predicted octanol–water partition coefficient (Wildman–Crippen LogP) is 3.30. The van der Waals surface area contributed by atoms with E-state index < -0.39 is 6.04 Å². The Morgan fingerprint density at radius 3 is 3.20 bits per heavy atom. The average Bonchev–Trinajstić information content (AvgIpc) is 3.34. The molecule has 0 spiro atoms. The minimum Gasteiger partial charge on any atom is -0.378 e. The Hall–Kier alpha value is -1.51. The van der Waals surface area contributed by atoms with Crippen LogP contribution < -0.4 is 5.32 Å². The Morgan fingerprint density at radius 1 is 1.52 bits per heavy atom. The molecule has 0 bridgehead atoms. The maximum atomic E-state index is 12.9. The highest BCUT2D eigenvalue weighted by Crippen LogP contribution is 2.34. The number of fused-ring (bicyclic) bond motifs is 1. The third-order valence-corrected chi connectivity index (χ3v) is 6.48.